The molecule has 1 N–H and O–H groups in total. The second-order valence-corrected chi connectivity index (χ2v) is 8.14. The van der Waals surface area contributed by atoms with Crippen LogP contribution in [0, 0.1) is 0 Å². The molecule has 0 bridgehead atoms. The zero-order chi connectivity index (χ0) is 21.1. The van der Waals surface area contributed by atoms with Gasteiger partial charge in [-0.25, -0.2) is 0 Å². The van der Waals surface area contributed by atoms with Gasteiger partial charge >= 0.3 is 0 Å². The third-order valence-corrected chi connectivity index (χ3v) is 5.84. The van der Waals surface area contributed by atoms with Gasteiger partial charge in [0.1, 0.15) is 5.75 Å². The van der Waals surface area contributed by atoms with Crippen molar-refractivity contribution in [2.24, 2.45) is 0 Å². The number of nitrogens with zero attached hydrogens (tertiary/aromatic N) is 1. The predicted octanol–water partition coefficient (Wildman–Crippen LogP) is 5.20. The van der Waals surface area contributed by atoms with E-state index < -0.39 is 0 Å². The number of thiocarbonyl (C=S) groups is 1. The Hall–Kier alpha value is -2.48. The predicted molar refractivity (Wildman–Crippen MR) is 122 cm³/mol. The van der Waals surface area contributed by atoms with E-state index in [-0.39, 0.29) is 11.7 Å². The van der Waals surface area contributed by atoms with Crippen molar-refractivity contribution in [1.29, 1.82) is 0 Å². The van der Waals surface area contributed by atoms with Crippen molar-refractivity contribution >= 4 is 57.6 Å². The Kier molecular flexibility index (Phi) is 6.52. The molecule has 0 aromatic heterocycles. The van der Waals surface area contributed by atoms with Gasteiger partial charge in [-0.05, 0) is 48.4 Å². The van der Waals surface area contributed by atoms with Crippen LogP contribution in [0.15, 0.2) is 47.9 Å². The average molecular weight is 448 g/mol. The second kappa shape index (κ2) is 8.90. The minimum absolute atomic E-state index is 0.0602. The summed E-state index contributed by atoms with van der Waals surface area (Å²) in [7, 11) is 3.00. The molecule has 0 atom stereocenters. The normalized spacial score (nSPS) is 15.1. The van der Waals surface area contributed by atoms with Crippen LogP contribution >= 0.6 is 35.6 Å². The molecule has 1 aliphatic rings. The number of phenols is 1. The molecule has 0 spiro atoms. The number of carbonyl (C=O) groups excluding carboxylic acids is 1. The highest BCUT2D eigenvalue weighted by Gasteiger charge is 2.33. The van der Waals surface area contributed by atoms with E-state index in [9.17, 15) is 9.90 Å². The first kappa shape index (κ1) is 21.2. The van der Waals surface area contributed by atoms with Crippen molar-refractivity contribution in [3.8, 4) is 17.2 Å². The number of rotatable bonds is 6. The van der Waals surface area contributed by atoms with Gasteiger partial charge in [0, 0.05) is 5.56 Å². The number of hydrogen-bond donors (Lipinski definition) is 1. The fraction of sp³-hybridized carbons (Fsp3) is 0.143. The number of phenolic OH excluding ortho intramolecular Hbond substituents is 1. The number of anilines is 1. The first-order valence-electron chi connectivity index (χ1n) is 8.51. The highest BCUT2D eigenvalue weighted by atomic mass is 35.5. The number of hydrogen-bond acceptors (Lipinski definition) is 6. The highest BCUT2D eigenvalue weighted by Crippen LogP contribution is 2.39. The van der Waals surface area contributed by atoms with Crippen molar-refractivity contribution in [1.82, 2.24) is 0 Å². The molecule has 2 aromatic rings. The first-order chi connectivity index (χ1) is 13.9. The molecule has 1 fully saturated rings. The van der Waals surface area contributed by atoms with Crippen molar-refractivity contribution in [3.63, 3.8) is 0 Å². The van der Waals surface area contributed by atoms with Crippen LogP contribution in [0.5, 0.6) is 17.2 Å². The third-order valence-electron chi connectivity index (χ3n) is 4.25. The van der Waals surface area contributed by atoms with Crippen LogP contribution in [-0.2, 0) is 11.2 Å². The summed E-state index contributed by atoms with van der Waals surface area (Å²) in [6.07, 6.45) is 3.87. The maximum Gasteiger partial charge on any atom is 0.270 e. The fourth-order valence-corrected chi connectivity index (χ4v) is 4.43. The smallest absolute Gasteiger partial charge is 0.270 e. The fourth-order valence-electron chi connectivity index (χ4n) is 2.88. The van der Waals surface area contributed by atoms with Gasteiger partial charge in [-0.3, -0.25) is 9.69 Å². The zero-order valence-electron chi connectivity index (χ0n) is 15.8. The Morgan fingerprint density at radius 1 is 1.24 bits per heavy atom. The average Bonchev–Trinajstić information content (AvgIpc) is 2.97. The van der Waals surface area contributed by atoms with E-state index in [1.807, 2.05) is 0 Å². The summed E-state index contributed by atoms with van der Waals surface area (Å²) in [4.78, 5) is 14.9. The number of benzene rings is 2. The van der Waals surface area contributed by atoms with Gasteiger partial charge < -0.3 is 14.6 Å². The van der Waals surface area contributed by atoms with E-state index in [0.29, 0.717) is 49.0 Å². The highest BCUT2D eigenvalue weighted by molar-refractivity contribution is 8.27. The van der Waals surface area contributed by atoms with E-state index in [1.54, 1.807) is 42.5 Å². The topological polar surface area (TPSA) is 59.0 Å². The lowest BCUT2D eigenvalue weighted by Crippen LogP contribution is -2.27. The van der Waals surface area contributed by atoms with Crippen molar-refractivity contribution in [3.05, 3.63) is 64.0 Å². The molecule has 0 unspecified atom stereocenters. The van der Waals surface area contributed by atoms with Gasteiger partial charge in [-0.2, -0.15) is 0 Å². The molecule has 0 radical (unpaired) electrons. The third kappa shape index (κ3) is 4.27. The summed E-state index contributed by atoms with van der Waals surface area (Å²) >= 11 is 12.8. The summed E-state index contributed by atoms with van der Waals surface area (Å²) in [6, 6.07) is 8.51. The molecule has 0 saturated carbocycles. The maximum atomic E-state index is 13.0. The van der Waals surface area contributed by atoms with Crippen molar-refractivity contribution in [2.75, 3.05) is 19.1 Å². The molecular weight excluding hydrogens is 430 g/mol. The zero-order valence-corrected chi connectivity index (χ0v) is 18.2. The van der Waals surface area contributed by atoms with E-state index in [4.69, 9.17) is 33.3 Å². The molecule has 5 nitrogen and oxygen atoms in total. The van der Waals surface area contributed by atoms with Gasteiger partial charge in [0.2, 0.25) is 0 Å². The van der Waals surface area contributed by atoms with Gasteiger partial charge in [0.15, 0.2) is 15.8 Å². The monoisotopic (exact) mass is 447 g/mol. The standard InChI is InChI=1S/C21H18ClNO4S2/c1-4-5-13-8-12(9-17(27-3)19(13)24)10-18-20(25)23(21(28)29-18)14-6-7-16(26-2)15(22)11-14/h4,6-11,24H,1,5H2,2-3H3. The molecule has 3 rings (SSSR count). The summed E-state index contributed by atoms with van der Waals surface area (Å²) in [5.74, 6) is 0.652. The number of thioether (sulfide) groups is 1. The Morgan fingerprint density at radius 2 is 1.97 bits per heavy atom. The van der Waals surface area contributed by atoms with E-state index in [2.05, 4.69) is 6.58 Å². The number of aromatic hydroxyl groups is 1. The van der Waals surface area contributed by atoms with Crippen LogP contribution in [0.3, 0.4) is 0 Å². The number of halogens is 1. The lowest BCUT2D eigenvalue weighted by Gasteiger charge is -2.15. The number of allylic oxidation sites excluding steroid dienone is 1. The van der Waals surface area contributed by atoms with Gasteiger partial charge in [-0.1, -0.05) is 41.7 Å². The molecular formula is C21H18ClNO4S2. The quantitative estimate of drug-likeness (QED) is 0.373. The van der Waals surface area contributed by atoms with Crippen LogP contribution in [-0.4, -0.2) is 29.6 Å². The van der Waals surface area contributed by atoms with Crippen LogP contribution in [0.25, 0.3) is 6.08 Å². The molecule has 1 aliphatic heterocycles. The Morgan fingerprint density at radius 3 is 2.59 bits per heavy atom. The van der Waals surface area contributed by atoms with E-state index in [1.165, 1.54) is 30.9 Å². The summed E-state index contributed by atoms with van der Waals surface area (Å²) < 4.78 is 10.8. The number of ether oxygens (including phenoxy) is 2. The van der Waals surface area contributed by atoms with Crippen molar-refractivity contribution in [2.45, 2.75) is 6.42 Å². The van der Waals surface area contributed by atoms with Crippen molar-refractivity contribution < 1.29 is 19.4 Å². The van der Waals surface area contributed by atoms with Crippen LogP contribution in [0.1, 0.15) is 11.1 Å². The molecule has 29 heavy (non-hydrogen) atoms. The minimum atomic E-state index is -0.251. The van der Waals surface area contributed by atoms with Gasteiger partial charge in [-0.15, -0.1) is 6.58 Å². The summed E-state index contributed by atoms with van der Waals surface area (Å²) in [5.41, 5.74) is 1.94. The number of carbonyl (C=O) groups is 1. The number of methoxy groups -OCH3 is 2. The van der Waals surface area contributed by atoms with Gasteiger partial charge in [0.25, 0.3) is 5.91 Å². The molecule has 1 heterocycles. The molecule has 0 aliphatic carbocycles. The van der Waals surface area contributed by atoms with E-state index in [0.717, 1.165) is 0 Å². The largest absolute Gasteiger partial charge is 0.504 e. The van der Waals surface area contributed by atoms with Crippen LogP contribution < -0.4 is 14.4 Å². The van der Waals surface area contributed by atoms with Gasteiger partial charge in [0.05, 0.1) is 29.8 Å². The SMILES string of the molecule is C=CCc1cc(C=C2SC(=S)N(c3ccc(OC)c(Cl)c3)C2=O)cc(OC)c1O. The summed E-state index contributed by atoms with van der Waals surface area (Å²) in [5, 5.41) is 10.6. The lowest BCUT2D eigenvalue weighted by atomic mass is 10.1. The minimum Gasteiger partial charge on any atom is -0.504 e. The lowest BCUT2D eigenvalue weighted by molar-refractivity contribution is -0.113. The van der Waals surface area contributed by atoms with Crippen LogP contribution in [0.2, 0.25) is 5.02 Å². The first-order valence-corrected chi connectivity index (χ1v) is 10.1. The Labute approximate surface area is 183 Å². The molecule has 1 saturated heterocycles. The van der Waals surface area contributed by atoms with Crippen LogP contribution in [0.4, 0.5) is 5.69 Å². The summed E-state index contributed by atoms with van der Waals surface area (Å²) in [6.45, 7) is 3.70. The molecule has 150 valence electrons. The molecule has 2 aromatic carbocycles. The Bertz CT molecular complexity index is 1040. The number of amides is 1. The Balaban J connectivity index is 1.97. The molecule has 8 heteroatoms. The second-order valence-electron chi connectivity index (χ2n) is 6.06. The van der Waals surface area contributed by atoms with E-state index >= 15 is 0 Å². The maximum absolute atomic E-state index is 13.0. The molecule has 1 amide bonds.